The second-order valence-electron chi connectivity index (χ2n) is 8.50. The van der Waals surface area contributed by atoms with Crippen LogP contribution in [-0.2, 0) is 30.2 Å². The predicted molar refractivity (Wildman–Crippen MR) is 114 cm³/mol. The summed E-state index contributed by atoms with van der Waals surface area (Å²) in [7, 11) is -1.40. The largest absolute Gasteiger partial charge is 0.535 e. The van der Waals surface area contributed by atoms with E-state index in [-0.39, 0.29) is 30.6 Å². The Balaban J connectivity index is 1.98. The first-order chi connectivity index (χ1) is 15.3. The Bertz CT molecular complexity index is 868. The lowest BCUT2D eigenvalue weighted by Gasteiger charge is -2.28. The highest BCUT2D eigenvalue weighted by Crippen LogP contribution is 2.37. The standard InChI is InChI=1S/C22H29BF2O8/c1-5-32-21(2,3)20(28)31-13-30-19(27)17-8-6-7-14-11-15(23(29)33-18(14)17)12-16(26)9-10-22(4,24)25/h6-8,15,29H,5,9-13H2,1-4H3/t15-/m1/s1. The minimum atomic E-state index is -2.94. The van der Waals surface area contributed by atoms with Gasteiger partial charge in [-0.2, -0.15) is 0 Å². The van der Waals surface area contributed by atoms with Crippen LogP contribution in [0.5, 0.6) is 5.75 Å². The van der Waals surface area contributed by atoms with Crippen LogP contribution < -0.4 is 4.65 Å². The van der Waals surface area contributed by atoms with Crippen LogP contribution in [0.1, 0.15) is 62.9 Å². The number of rotatable bonds is 11. The van der Waals surface area contributed by atoms with Crippen LogP contribution in [0.15, 0.2) is 18.2 Å². The zero-order chi connectivity index (χ0) is 24.8. The van der Waals surface area contributed by atoms with Gasteiger partial charge in [0.15, 0.2) is 5.60 Å². The number of esters is 2. The number of ketones is 1. The predicted octanol–water partition coefficient (Wildman–Crippen LogP) is 3.34. The Morgan fingerprint density at radius 2 is 1.91 bits per heavy atom. The molecule has 1 N–H and O–H groups in total. The van der Waals surface area contributed by atoms with E-state index < -0.39 is 55.4 Å². The topological polar surface area (TPSA) is 108 Å². The van der Waals surface area contributed by atoms with Crippen molar-refractivity contribution in [3.63, 3.8) is 0 Å². The molecule has 0 unspecified atom stereocenters. The van der Waals surface area contributed by atoms with E-state index >= 15 is 0 Å². The van der Waals surface area contributed by atoms with Gasteiger partial charge in [-0.1, -0.05) is 12.1 Å². The molecule has 1 aliphatic rings. The van der Waals surface area contributed by atoms with E-state index in [1.54, 1.807) is 19.1 Å². The maximum atomic E-state index is 13.0. The van der Waals surface area contributed by atoms with Crippen molar-refractivity contribution in [3.8, 4) is 5.75 Å². The zero-order valence-corrected chi connectivity index (χ0v) is 19.2. The van der Waals surface area contributed by atoms with E-state index in [1.807, 2.05) is 0 Å². The molecule has 0 saturated heterocycles. The summed E-state index contributed by atoms with van der Waals surface area (Å²) in [5.74, 6) is -5.41. The van der Waals surface area contributed by atoms with Gasteiger partial charge in [0.05, 0.1) is 0 Å². The minimum Gasteiger partial charge on any atom is -0.535 e. The lowest BCUT2D eigenvalue weighted by molar-refractivity contribution is -0.175. The van der Waals surface area contributed by atoms with Crippen molar-refractivity contribution < 1.29 is 47.1 Å². The first-order valence-electron chi connectivity index (χ1n) is 10.7. The molecule has 0 aliphatic carbocycles. The van der Waals surface area contributed by atoms with Crippen LogP contribution in [0.3, 0.4) is 0 Å². The molecule has 11 heteroatoms. The number of hydrogen-bond acceptors (Lipinski definition) is 8. The fourth-order valence-electron chi connectivity index (χ4n) is 3.38. The molecule has 182 valence electrons. The number of halogens is 2. The summed E-state index contributed by atoms with van der Waals surface area (Å²) in [6.07, 6.45) is -0.778. The molecule has 8 nitrogen and oxygen atoms in total. The molecular weight excluding hydrogens is 441 g/mol. The van der Waals surface area contributed by atoms with E-state index in [0.717, 1.165) is 6.92 Å². The van der Waals surface area contributed by atoms with Gasteiger partial charge in [0.25, 0.3) is 0 Å². The van der Waals surface area contributed by atoms with E-state index in [9.17, 15) is 28.2 Å². The SMILES string of the molecule is CCOC(C)(C)C(=O)OCOC(=O)c1cccc2c1OB(O)[C@@H](CC(=O)CCC(C)(F)F)C2. The Labute approximate surface area is 191 Å². The molecule has 1 aromatic carbocycles. The Kier molecular flexibility index (Phi) is 8.96. The average molecular weight is 470 g/mol. The highest BCUT2D eigenvalue weighted by atomic mass is 19.3. The number of carbonyl (C=O) groups is 3. The summed E-state index contributed by atoms with van der Waals surface area (Å²) in [5.41, 5.74) is -0.621. The maximum Gasteiger partial charge on any atom is 0.526 e. The van der Waals surface area contributed by atoms with Gasteiger partial charge in [-0.05, 0) is 45.7 Å². The first kappa shape index (κ1) is 26.7. The third-order valence-corrected chi connectivity index (χ3v) is 5.15. The van der Waals surface area contributed by atoms with Crippen molar-refractivity contribution in [1.29, 1.82) is 0 Å². The summed E-state index contributed by atoms with van der Waals surface area (Å²) in [4.78, 5) is 36.5. The van der Waals surface area contributed by atoms with Crippen LogP contribution in [0.25, 0.3) is 0 Å². The fourth-order valence-corrected chi connectivity index (χ4v) is 3.38. The maximum absolute atomic E-state index is 13.0. The first-order valence-corrected chi connectivity index (χ1v) is 10.7. The number of ether oxygens (including phenoxy) is 3. The Hall–Kier alpha value is -2.53. The van der Waals surface area contributed by atoms with Gasteiger partial charge < -0.3 is 23.9 Å². The van der Waals surface area contributed by atoms with Crippen molar-refractivity contribution in [2.24, 2.45) is 0 Å². The van der Waals surface area contributed by atoms with Crippen molar-refractivity contribution in [1.82, 2.24) is 0 Å². The van der Waals surface area contributed by atoms with E-state index in [1.165, 1.54) is 19.9 Å². The van der Waals surface area contributed by atoms with Crippen LogP contribution in [-0.4, -0.2) is 54.8 Å². The molecule has 1 heterocycles. The van der Waals surface area contributed by atoms with Crippen LogP contribution >= 0.6 is 0 Å². The molecule has 0 fully saturated rings. The molecule has 0 aromatic heterocycles. The smallest absolute Gasteiger partial charge is 0.526 e. The lowest BCUT2D eigenvalue weighted by Crippen LogP contribution is -2.37. The molecule has 0 spiro atoms. The quantitative estimate of drug-likeness (QED) is 0.298. The van der Waals surface area contributed by atoms with Crippen LogP contribution in [0.2, 0.25) is 5.82 Å². The highest BCUT2D eigenvalue weighted by Gasteiger charge is 2.38. The van der Waals surface area contributed by atoms with Crippen molar-refractivity contribution in [2.75, 3.05) is 13.4 Å². The Morgan fingerprint density at radius 1 is 1.21 bits per heavy atom. The second kappa shape index (κ2) is 11.1. The molecule has 0 amide bonds. The third kappa shape index (κ3) is 7.78. The molecule has 1 atom stereocenters. The zero-order valence-electron chi connectivity index (χ0n) is 19.2. The van der Waals surface area contributed by atoms with Gasteiger partial charge in [-0.15, -0.1) is 0 Å². The molecule has 1 aliphatic heterocycles. The molecule has 2 rings (SSSR count). The molecule has 0 radical (unpaired) electrons. The molecule has 0 bridgehead atoms. The van der Waals surface area contributed by atoms with Crippen molar-refractivity contribution in [3.05, 3.63) is 29.3 Å². The molecule has 33 heavy (non-hydrogen) atoms. The van der Waals surface area contributed by atoms with Gasteiger partial charge in [0.1, 0.15) is 17.1 Å². The van der Waals surface area contributed by atoms with Gasteiger partial charge in [0, 0.05) is 31.7 Å². The normalized spacial score (nSPS) is 16.0. The molecule has 0 saturated carbocycles. The summed E-state index contributed by atoms with van der Waals surface area (Å²) >= 11 is 0. The number of carbonyl (C=O) groups excluding carboxylic acids is 3. The second-order valence-corrected chi connectivity index (χ2v) is 8.50. The fraction of sp³-hybridized carbons (Fsp3) is 0.591. The van der Waals surface area contributed by atoms with Crippen molar-refractivity contribution in [2.45, 2.75) is 70.7 Å². The third-order valence-electron chi connectivity index (χ3n) is 5.15. The van der Waals surface area contributed by atoms with E-state index in [2.05, 4.69) is 0 Å². The summed E-state index contributed by atoms with van der Waals surface area (Å²) in [6.45, 7) is 5.19. The van der Waals surface area contributed by atoms with Crippen LogP contribution in [0, 0.1) is 0 Å². The molecular formula is C22H29BF2O8. The van der Waals surface area contributed by atoms with Gasteiger partial charge in [-0.25, -0.2) is 18.4 Å². The average Bonchev–Trinajstić information content (AvgIpc) is 2.71. The highest BCUT2D eigenvalue weighted by molar-refractivity contribution is 6.47. The minimum absolute atomic E-state index is 0.0158. The van der Waals surface area contributed by atoms with E-state index in [4.69, 9.17) is 18.9 Å². The number of benzene rings is 1. The lowest BCUT2D eigenvalue weighted by atomic mass is 9.64. The van der Waals surface area contributed by atoms with Crippen LogP contribution in [0.4, 0.5) is 8.78 Å². The number of para-hydroxylation sites is 1. The van der Waals surface area contributed by atoms with Gasteiger partial charge in [-0.3, -0.25) is 4.79 Å². The number of Topliss-reactive ketones (excluding diaryl/α,β-unsaturated/α-hetero) is 1. The number of fused-ring (bicyclic) bond motifs is 1. The van der Waals surface area contributed by atoms with Gasteiger partial charge >= 0.3 is 19.1 Å². The van der Waals surface area contributed by atoms with Gasteiger partial charge in [0.2, 0.25) is 12.7 Å². The molecule has 1 aromatic rings. The summed E-state index contributed by atoms with van der Waals surface area (Å²) in [5, 5.41) is 10.3. The summed E-state index contributed by atoms with van der Waals surface area (Å²) < 4.78 is 46.6. The summed E-state index contributed by atoms with van der Waals surface area (Å²) in [6, 6.07) is 4.67. The monoisotopic (exact) mass is 470 g/mol. The number of alkyl halides is 2. The Morgan fingerprint density at radius 3 is 2.55 bits per heavy atom. The van der Waals surface area contributed by atoms with E-state index in [0.29, 0.717) is 12.2 Å². The van der Waals surface area contributed by atoms with Crippen molar-refractivity contribution >= 4 is 24.8 Å². The number of hydrogen-bond donors (Lipinski definition) is 1.